The summed E-state index contributed by atoms with van der Waals surface area (Å²) in [6, 6.07) is 9.14. The third-order valence-corrected chi connectivity index (χ3v) is 3.50. The summed E-state index contributed by atoms with van der Waals surface area (Å²) >= 11 is 5.41. The van der Waals surface area contributed by atoms with Crippen LogP contribution < -0.4 is 5.73 Å². The minimum Gasteiger partial charge on any atom is -0.398 e. The number of carbonyl (C=O) groups excluding carboxylic acids is 3. The molecule has 4 nitrogen and oxygen atoms in total. The van der Waals surface area contributed by atoms with E-state index in [1.807, 2.05) is 0 Å². The van der Waals surface area contributed by atoms with Crippen molar-refractivity contribution < 1.29 is 14.4 Å². The quantitative estimate of drug-likeness (QED) is 0.550. The van der Waals surface area contributed by atoms with Crippen LogP contribution in [-0.2, 0) is 0 Å². The van der Waals surface area contributed by atoms with Gasteiger partial charge in [0, 0.05) is 27.9 Å². The average Bonchev–Trinajstić information content (AvgIpc) is 2.44. The summed E-state index contributed by atoms with van der Waals surface area (Å²) in [6.07, 6.45) is 0. The molecule has 2 N–H and O–H groups in total. The monoisotopic (exact) mass is 285 g/mol. The van der Waals surface area contributed by atoms with Gasteiger partial charge in [-0.05, 0) is 23.7 Å². The Morgan fingerprint density at radius 2 is 1.55 bits per heavy atom. The summed E-state index contributed by atoms with van der Waals surface area (Å²) in [6.45, 7) is 0. The van der Waals surface area contributed by atoms with Crippen molar-refractivity contribution in [1.82, 2.24) is 0 Å². The summed E-state index contributed by atoms with van der Waals surface area (Å²) in [5.41, 5.74) is 6.88. The number of benzene rings is 2. The second kappa shape index (κ2) is 4.28. The lowest BCUT2D eigenvalue weighted by atomic mass is 9.82. The first-order valence-corrected chi connectivity index (χ1v) is 6.20. The maximum atomic E-state index is 12.4. The topological polar surface area (TPSA) is 77.2 Å². The summed E-state index contributed by atoms with van der Waals surface area (Å²) in [4.78, 5) is 36.1. The Bertz CT molecular complexity index is 796. The van der Waals surface area contributed by atoms with Gasteiger partial charge in [0.25, 0.3) is 5.24 Å². The van der Waals surface area contributed by atoms with Gasteiger partial charge in [-0.2, -0.15) is 0 Å². The van der Waals surface area contributed by atoms with Crippen LogP contribution in [0.5, 0.6) is 0 Å². The first kappa shape index (κ1) is 12.6. The number of fused-ring (bicyclic) bond motifs is 2. The Balaban J connectivity index is 2.33. The zero-order chi connectivity index (χ0) is 14.4. The van der Waals surface area contributed by atoms with Crippen molar-refractivity contribution in [3.05, 3.63) is 64.2 Å². The second-order valence-corrected chi connectivity index (χ2v) is 4.81. The van der Waals surface area contributed by atoms with Crippen LogP contribution in [0.25, 0.3) is 0 Å². The molecule has 0 saturated carbocycles. The first-order chi connectivity index (χ1) is 9.50. The molecule has 0 heterocycles. The van der Waals surface area contributed by atoms with Gasteiger partial charge in [-0.25, -0.2) is 0 Å². The number of hydrogen-bond acceptors (Lipinski definition) is 4. The molecule has 0 fully saturated rings. The fourth-order valence-corrected chi connectivity index (χ4v) is 2.48. The van der Waals surface area contributed by atoms with E-state index in [1.54, 1.807) is 24.3 Å². The zero-order valence-electron chi connectivity index (χ0n) is 10.1. The highest BCUT2D eigenvalue weighted by molar-refractivity contribution is 6.67. The smallest absolute Gasteiger partial charge is 0.252 e. The van der Waals surface area contributed by atoms with Gasteiger partial charge in [-0.15, -0.1) is 0 Å². The SMILES string of the molecule is Nc1cc(C(=O)Cl)cc2c1C(=O)c1ccccc1C2=O. The molecule has 0 aliphatic heterocycles. The molecule has 0 saturated heterocycles. The molecule has 0 aromatic heterocycles. The Kier molecular flexibility index (Phi) is 2.69. The molecule has 1 aliphatic carbocycles. The maximum absolute atomic E-state index is 12.4. The van der Waals surface area contributed by atoms with Gasteiger partial charge in [0.1, 0.15) is 0 Å². The van der Waals surface area contributed by atoms with E-state index in [1.165, 1.54) is 12.1 Å². The third-order valence-electron chi connectivity index (χ3n) is 3.28. The number of nitrogen functional groups attached to an aromatic ring is 1. The highest BCUT2D eigenvalue weighted by atomic mass is 35.5. The number of hydrogen-bond donors (Lipinski definition) is 1. The fraction of sp³-hybridized carbons (Fsp3) is 0. The second-order valence-electron chi connectivity index (χ2n) is 4.47. The zero-order valence-corrected chi connectivity index (χ0v) is 10.9. The molecule has 0 bridgehead atoms. The van der Waals surface area contributed by atoms with E-state index in [4.69, 9.17) is 17.3 Å². The summed E-state index contributed by atoms with van der Waals surface area (Å²) in [5, 5.41) is -0.724. The van der Waals surface area contributed by atoms with Gasteiger partial charge < -0.3 is 5.73 Å². The van der Waals surface area contributed by atoms with Crippen LogP contribution in [0.1, 0.15) is 42.2 Å². The molecule has 2 aromatic carbocycles. The van der Waals surface area contributed by atoms with E-state index in [2.05, 4.69) is 0 Å². The normalized spacial score (nSPS) is 12.8. The number of halogens is 1. The molecule has 20 heavy (non-hydrogen) atoms. The molecule has 0 radical (unpaired) electrons. The molecule has 0 spiro atoms. The van der Waals surface area contributed by atoms with Crippen molar-refractivity contribution >= 4 is 34.1 Å². The largest absolute Gasteiger partial charge is 0.398 e. The lowest BCUT2D eigenvalue weighted by molar-refractivity contribution is 0.0979. The van der Waals surface area contributed by atoms with Gasteiger partial charge in [0.15, 0.2) is 11.6 Å². The minimum atomic E-state index is -0.724. The van der Waals surface area contributed by atoms with Crippen molar-refractivity contribution in [2.24, 2.45) is 0 Å². The molecule has 3 rings (SSSR count). The van der Waals surface area contributed by atoms with Crippen LogP contribution in [0.3, 0.4) is 0 Å². The lowest BCUT2D eigenvalue weighted by Gasteiger charge is -2.19. The predicted octanol–water partition coefficient (Wildman–Crippen LogP) is 2.42. The number of anilines is 1. The average molecular weight is 286 g/mol. The van der Waals surface area contributed by atoms with E-state index >= 15 is 0 Å². The highest BCUT2D eigenvalue weighted by Crippen LogP contribution is 2.32. The highest BCUT2D eigenvalue weighted by Gasteiger charge is 2.31. The van der Waals surface area contributed by atoms with E-state index in [0.29, 0.717) is 11.1 Å². The standard InChI is InChI=1S/C15H8ClNO3/c16-15(20)7-5-10-12(11(17)6-7)14(19)9-4-2-1-3-8(9)13(10)18/h1-6H,17H2. The molecular weight excluding hydrogens is 278 g/mol. The minimum absolute atomic E-state index is 0.0827. The molecular formula is C15H8ClNO3. The molecule has 0 atom stereocenters. The van der Waals surface area contributed by atoms with E-state index in [0.717, 1.165) is 0 Å². The summed E-state index contributed by atoms with van der Waals surface area (Å²) < 4.78 is 0. The Morgan fingerprint density at radius 3 is 2.15 bits per heavy atom. The van der Waals surface area contributed by atoms with Crippen molar-refractivity contribution in [2.45, 2.75) is 0 Å². The molecule has 0 amide bonds. The van der Waals surface area contributed by atoms with E-state index < -0.39 is 5.24 Å². The Morgan fingerprint density at radius 1 is 0.950 bits per heavy atom. The molecule has 2 aromatic rings. The maximum Gasteiger partial charge on any atom is 0.252 e. The molecule has 1 aliphatic rings. The molecule has 0 unspecified atom stereocenters. The van der Waals surface area contributed by atoms with Gasteiger partial charge in [-0.1, -0.05) is 24.3 Å². The van der Waals surface area contributed by atoms with Gasteiger partial charge in [-0.3, -0.25) is 14.4 Å². The lowest BCUT2D eigenvalue weighted by Crippen LogP contribution is -2.22. The van der Waals surface area contributed by atoms with Crippen molar-refractivity contribution in [3.63, 3.8) is 0 Å². The van der Waals surface area contributed by atoms with E-state index in [9.17, 15) is 14.4 Å². The van der Waals surface area contributed by atoms with Crippen LogP contribution in [-0.4, -0.2) is 16.8 Å². The van der Waals surface area contributed by atoms with Crippen LogP contribution in [0.15, 0.2) is 36.4 Å². The molecule has 5 heteroatoms. The van der Waals surface area contributed by atoms with Crippen LogP contribution in [0.2, 0.25) is 0 Å². The van der Waals surface area contributed by atoms with Crippen LogP contribution >= 0.6 is 11.6 Å². The third kappa shape index (κ3) is 1.66. The number of nitrogens with two attached hydrogens (primary N) is 1. The first-order valence-electron chi connectivity index (χ1n) is 5.82. The van der Waals surface area contributed by atoms with Crippen LogP contribution in [0, 0.1) is 0 Å². The van der Waals surface area contributed by atoms with Gasteiger partial charge >= 0.3 is 0 Å². The van der Waals surface area contributed by atoms with Crippen molar-refractivity contribution in [2.75, 3.05) is 5.73 Å². The van der Waals surface area contributed by atoms with Crippen molar-refractivity contribution in [3.8, 4) is 0 Å². The van der Waals surface area contributed by atoms with E-state index in [-0.39, 0.29) is 33.9 Å². The number of carbonyl (C=O) groups is 3. The number of rotatable bonds is 1. The Labute approximate surface area is 119 Å². The molecule has 98 valence electrons. The van der Waals surface area contributed by atoms with Gasteiger partial charge in [0.05, 0.1) is 5.56 Å². The summed E-state index contributed by atoms with van der Waals surface area (Å²) in [5.74, 6) is -0.650. The number of ketones is 2. The van der Waals surface area contributed by atoms with Gasteiger partial charge in [0.2, 0.25) is 0 Å². The predicted molar refractivity (Wildman–Crippen MR) is 74.3 cm³/mol. The fourth-order valence-electron chi connectivity index (χ4n) is 2.37. The Hall–Kier alpha value is -2.46. The van der Waals surface area contributed by atoms with Crippen molar-refractivity contribution in [1.29, 1.82) is 0 Å². The van der Waals surface area contributed by atoms with Crippen LogP contribution in [0.4, 0.5) is 5.69 Å². The summed E-state index contributed by atoms with van der Waals surface area (Å²) in [7, 11) is 0.